The van der Waals surface area contributed by atoms with Gasteiger partial charge in [-0.05, 0) is 44.4 Å². The van der Waals surface area contributed by atoms with Gasteiger partial charge in [-0.2, -0.15) is 0 Å². The summed E-state index contributed by atoms with van der Waals surface area (Å²) in [6, 6.07) is 8.24. The average molecular weight is 328 g/mol. The highest BCUT2D eigenvalue weighted by Crippen LogP contribution is 2.24. The maximum Gasteiger partial charge on any atom is 0.0914 e. The quantitative estimate of drug-likeness (QED) is 0.893. The second-order valence-electron chi connectivity index (χ2n) is 5.78. The fourth-order valence-corrected chi connectivity index (χ4v) is 2.93. The summed E-state index contributed by atoms with van der Waals surface area (Å²) < 4.78 is 6.69. The number of rotatable bonds is 4. The molecule has 1 aliphatic heterocycles. The monoisotopic (exact) mass is 327 g/mol. The molecule has 19 heavy (non-hydrogen) atoms. The van der Waals surface area contributed by atoms with Crippen molar-refractivity contribution >= 4 is 15.9 Å². The number of benzene rings is 1. The Morgan fingerprint density at radius 1 is 1.53 bits per heavy atom. The van der Waals surface area contributed by atoms with E-state index in [0.29, 0.717) is 12.6 Å². The van der Waals surface area contributed by atoms with Gasteiger partial charge in [0, 0.05) is 23.7 Å². The summed E-state index contributed by atoms with van der Waals surface area (Å²) >= 11 is 3.42. The maximum atomic E-state index is 10.2. The summed E-state index contributed by atoms with van der Waals surface area (Å²) in [5, 5.41) is 13.6. The highest BCUT2D eigenvalue weighted by molar-refractivity contribution is 9.10. The molecular weight excluding hydrogens is 306 g/mol. The van der Waals surface area contributed by atoms with Crippen LogP contribution in [0.2, 0.25) is 0 Å². The van der Waals surface area contributed by atoms with E-state index in [4.69, 9.17) is 4.74 Å². The summed E-state index contributed by atoms with van der Waals surface area (Å²) in [6.45, 7) is 5.60. The van der Waals surface area contributed by atoms with Crippen LogP contribution in [0, 0.1) is 0 Å². The van der Waals surface area contributed by atoms with Gasteiger partial charge in [-0.1, -0.05) is 28.1 Å². The van der Waals surface area contributed by atoms with Crippen molar-refractivity contribution in [3.63, 3.8) is 0 Å². The first-order valence-electron chi connectivity index (χ1n) is 6.77. The van der Waals surface area contributed by atoms with Gasteiger partial charge in [-0.25, -0.2) is 0 Å². The molecule has 0 bridgehead atoms. The van der Waals surface area contributed by atoms with Crippen LogP contribution in [0.1, 0.15) is 38.4 Å². The van der Waals surface area contributed by atoms with E-state index in [1.54, 1.807) is 0 Å². The molecule has 1 heterocycles. The van der Waals surface area contributed by atoms with Crippen molar-refractivity contribution in [1.82, 2.24) is 5.32 Å². The van der Waals surface area contributed by atoms with Gasteiger partial charge < -0.3 is 15.2 Å². The Morgan fingerprint density at radius 2 is 2.32 bits per heavy atom. The van der Waals surface area contributed by atoms with Crippen LogP contribution < -0.4 is 5.32 Å². The molecule has 3 nitrogen and oxygen atoms in total. The molecule has 1 saturated heterocycles. The Morgan fingerprint density at radius 3 is 3.00 bits per heavy atom. The molecule has 1 aromatic carbocycles. The van der Waals surface area contributed by atoms with Crippen molar-refractivity contribution in [2.24, 2.45) is 0 Å². The first-order valence-corrected chi connectivity index (χ1v) is 7.56. The van der Waals surface area contributed by atoms with E-state index < -0.39 is 6.10 Å². The largest absolute Gasteiger partial charge is 0.387 e. The standard InChI is InChI=1S/C15H22BrNO2/c1-15(2)9-13(6-7-19-15)17-10-14(18)11-4-3-5-12(16)8-11/h3-5,8,13-14,17-18H,6-7,9-10H2,1-2H3. The van der Waals surface area contributed by atoms with E-state index in [9.17, 15) is 5.11 Å². The van der Waals surface area contributed by atoms with Crippen LogP contribution in [-0.4, -0.2) is 29.9 Å². The first-order chi connectivity index (χ1) is 8.96. The Kier molecular flexibility index (Phi) is 5.01. The Labute approximate surface area is 123 Å². The Hall–Kier alpha value is -0.420. The summed E-state index contributed by atoms with van der Waals surface area (Å²) in [6.07, 6.45) is 1.52. The predicted molar refractivity (Wildman–Crippen MR) is 80.2 cm³/mol. The summed E-state index contributed by atoms with van der Waals surface area (Å²) in [7, 11) is 0. The number of hydrogen-bond donors (Lipinski definition) is 2. The molecule has 0 aliphatic carbocycles. The predicted octanol–water partition coefficient (Wildman–Crippen LogP) is 3.03. The van der Waals surface area contributed by atoms with Crippen LogP contribution in [0.15, 0.2) is 28.7 Å². The fraction of sp³-hybridized carbons (Fsp3) is 0.600. The van der Waals surface area contributed by atoms with Crippen LogP contribution in [0.4, 0.5) is 0 Å². The van der Waals surface area contributed by atoms with Crippen LogP contribution in [0.25, 0.3) is 0 Å². The van der Waals surface area contributed by atoms with E-state index in [2.05, 4.69) is 35.1 Å². The highest BCUT2D eigenvalue weighted by Gasteiger charge is 2.28. The summed E-state index contributed by atoms with van der Waals surface area (Å²) in [5.74, 6) is 0. The number of hydrogen-bond acceptors (Lipinski definition) is 3. The van der Waals surface area contributed by atoms with Crippen LogP contribution in [-0.2, 0) is 4.74 Å². The number of halogens is 1. The molecule has 4 heteroatoms. The summed E-state index contributed by atoms with van der Waals surface area (Å²) in [5.41, 5.74) is 0.879. The lowest BCUT2D eigenvalue weighted by Crippen LogP contribution is -2.44. The minimum absolute atomic E-state index is 0.0589. The van der Waals surface area contributed by atoms with E-state index in [1.165, 1.54) is 0 Å². The highest BCUT2D eigenvalue weighted by atomic mass is 79.9. The molecule has 1 aromatic rings. The molecule has 0 spiro atoms. The minimum Gasteiger partial charge on any atom is -0.387 e. The van der Waals surface area contributed by atoms with Gasteiger partial charge in [-0.15, -0.1) is 0 Å². The van der Waals surface area contributed by atoms with Crippen LogP contribution >= 0.6 is 15.9 Å². The lowest BCUT2D eigenvalue weighted by atomic mass is 9.94. The Bertz CT molecular complexity index is 422. The smallest absolute Gasteiger partial charge is 0.0914 e. The summed E-state index contributed by atoms with van der Waals surface area (Å²) in [4.78, 5) is 0. The first kappa shape index (κ1) is 15.0. The minimum atomic E-state index is -0.469. The van der Waals surface area contributed by atoms with Gasteiger partial charge in [-0.3, -0.25) is 0 Å². The van der Waals surface area contributed by atoms with Gasteiger partial charge in [0.15, 0.2) is 0 Å². The second-order valence-corrected chi connectivity index (χ2v) is 6.69. The molecule has 2 atom stereocenters. The molecule has 106 valence electrons. The maximum absolute atomic E-state index is 10.2. The molecule has 2 unspecified atom stereocenters. The van der Waals surface area contributed by atoms with Gasteiger partial charge >= 0.3 is 0 Å². The lowest BCUT2D eigenvalue weighted by molar-refractivity contribution is -0.0638. The van der Waals surface area contributed by atoms with Crippen molar-refractivity contribution in [2.45, 2.75) is 44.4 Å². The zero-order chi connectivity index (χ0) is 13.9. The van der Waals surface area contributed by atoms with E-state index in [-0.39, 0.29) is 5.60 Å². The normalized spacial score (nSPS) is 24.1. The molecule has 2 N–H and O–H groups in total. The molecular formula is C15H22BrNO2. The van der Waals surface area contributed by atoms with Crippen molar-refractivity contribution in [1.29, 1.82) is 0 Å². The third-order valence-corrected chi connectivity index (χ3v) is 4.02. The van der Waals surface area contributed by atoms with E-state index >= 15 is 0 Å². The third-order valence-electron chi connectivity index (χ3n) is 3.53. The molecule has 0 radical (unpaired) electrons. The van der Waals surface area contributed by atoms with Gasteiger partial charge in [0.25, 0.3) is 0 Å². The fourth-order valence-electron chi connectivity index (χ4n) is 2.52. The molecule has 1 fully saturated rings. The average Bonchev–Trinajstić information content (AvgIpc) is 2.35. The van der Waals surface area contributed by atoms with Crippen LogP contribution in [0.3, 0.4) is 0 Å². The number of ether oxygens (including phenoxy) is 1. The second kappa shape index (κ2) is 6.35. The van der Waals surface area contributed by atoms with Gasteiger partial charge in [0.2, 0.25) is 0 Å². The number of nitrogens with one attached hydrogen (secondary N) is 1. The molecule has 1 aliphatic rings. The molecule has 0 amide bonds. The molecule has 0 saturated carbocycles. The molecule has 0 aromatic heterocycles. The lowest BCUT2D eigenvalue weighted by Gasteiger charge is -2.36. The van der Waals surface area contributed by atoms with Crippen molar-refractivity contribution in [3.8, 4) is 0 Å². The zero-order valence-corrected chi connectivity index (χ0v) is 13.1. The zero-order valence-electron chi connectivity index (χ0n) is 11.5. The van der Waals surface area contributed by atoms with E-state index in [0.717, 1.165) is 29.5 Å². The number of aliphatic hydroxyl groups excluding tert-OH is 1. The van der Waals surface area contributed by atoms with Gasteiger partial charge in [0.1, 0.15) is 0 Å². The Balaban J connectivity index is 1.85. The van der Waals surface area contributed by atoms with E-state index in [1.807, 2.05) is 24.3 Å². The SMILES string of the molecule is CC1(C)CC(NCC(O)c2cccc(Br)c2)CCO1. The van der Waals surface area contributed by atoms with Crippen molar-refractivity contribution in [3.05, 3.63) is 34.3 Å². The van der Waals surface area contributed by atoms with Crippen LogP contribution in [0.5, 0.6) is 0 Å². The van der Waals surface area contributed by atoms with Gasteiger partial charge in [0.05, 0.1) is 11.7 Å². The van der Waals surface area contributed by atoms with Crippen molar-refractivity contribution < 1.29 is 9.84 Å². The number of aliphatic hydroxyl groups is 1. The van der Waals surface area contributed by atoms with Crippen molar-refractivity contribution in [2.75, 3.05) is 13.2 Å². The third kappa shape index (κ3) is 4.56. The molecule has 2 rings (SSSR count). The topological polar surface area (TPSA) is 41.5 Å².